The lowest BCUT2D eigenvalue weighted by atomic mass is 9.32. The average Bonchev–Trinajstić information content (AvgIpc) is 3.04. The van der Waals surface area contributed by atoms with E-state index in [0.717, 1.165) is 30.1 Å². The normalized spacial score (nSPS) is 59.2. The van der Waals surface area contributed by atoms with Crippen molar-refractivity contribution in [1.29, 1.82) is 0 Å². The van der Waals surface area contributed by atoms with Gasteiger partial charge in [0.1, 0.15) is 0 Å². The van der Waals surface area contributed by atoms with Crippen molar-refractivity contribution in [3.05, 3.63) is 0 Å². The molecule has 0 aliphatic heterocycles. The largest absolute Gasteiger partial charge is 0.390 e. The maximum atomic E-state index is 11.6. The number of fused-ring (bicyclic) bond motifs is 7. The third-order valence-electron chi connectivity index (χ3n) is 13.6. The van der Waals surface area contributed by atoms with E-state index >= 15 is 0 Å². The summed E-state index contributed by atoms with van der Waals surface area (Å²) in [5, 5.41) is 22.5. The quantitative estimate of drug-likeness (QED) is 0.454. The van der Waals surface area contributed by atoms with E-state index in [1.807, 2.05) is 0 Å². The van der Waals surface area contributed by atoms with E-state index in [1.54, 1.807) is 0 Å². The highest BCUT2D eigenvalue weighted by Crippen LogP contribution is 2.77. The van der Waals surface area contributed by atoms with E-state index in [0.29, 0.717) is 22.7 Å². The molecule has 0 heterocycles. The Labute approximate surface area is 198 Å². The van der Waals surface area contributed by atoms with Crippen LogP contribution in [0.1, 0.15) is 113 Å². The molecule has 2 N–H and O–H groups in total. The Morgan fingerprint density at radius 3 is 2.06 bits per heavy atom. The van der Waals surface area contributed by atoms with Crippen LogP contribution in [-0.4, -0.2) is 22.4 Å². The SMILES string of the molecule is CC(C)[C@@H]1CCC2(C)CC[C@]3(C)C(CCC4C5(C)[C@@H](O)C(O)CC(C)(C)[C@@H]5CCC43C)[C@@H]12. The van der Waals surface area contributed by atoms with Gasteiger partial charge < -0.3 is 10.2 Å². The van der Waals surface area contributed by atoms with Crippen LogP contribution in [-0.2, 0) is 0 Å². The van der Waals surface area contributed by atoms with Crippen LogP contribution < -0.4 is 0 Å². The van der Waals surface area contributed by atoms with E-state index in [4.69, 9.17) is 0 Å². The van der Waals surface area contributed by atoms with Crippen LogP contribution in [0.2, 0.25) is 0 Å². The molecule has 5 saturated carbocycles. The summed E-state index contributed by atoms with van der Waals surface area (Å²) < 4.78 is 0. The summed E-state index contributed by atoms with van der Waals surface area (Å²) in [6, 6.07) is 0. The van der Waals surface area contributed by atoms with E-state index in [-0.39, 0.29) is 16.2 Å². The number of aliphatic hydroxyl groups excluding tert-OH is 2. The van der Waals surface area contributed by atoms with Gasteiger partial charge in [-0.25, -0.2) is 0 Å². The average molecular weight is 445 g/mol. The molecule has 0 saturated heterocycles. The smallest absolute Gasteiger partial charge is 0.0858 e. The van der Waals surface area contributed by atoms with Crippen molar-refractivity contribution in [3.63, 3.8) is 0 Å². The molecule has 5 aliphatic carbocycles. The zero-order chi connectivity index (χ0) is 23.5. The summed E-state index contributed by atoms with van der Waals surface area (Å²) in [6.07, 6.45) is 10.4. The Morgan fingerprint density at radius 2 is 1.41 bits per heavy atom. The van der Waals surface area contributed by atoms with Crippen LogP contribution in [0.5, 0.6) is 0 Å². The van der Waals surface area contributed by atoms with Crippen molar-refractivity contribution in [1.82, 2.24) is 0 Å². The lowest BCUT2D eigenvalue weighted by Gasteiger charge is -2.73. The van der Waals surface area contributed by atoms with Gasteiger partial charge >= 0.3 is 0 Å². The Balaban J connectivity index is 1.57. The third kappa shape index (κ3) is 2.72. The molecule has 2 heteroatoms. The molecule has 5 rings (SSSR count). The van der Waals surface area contributed by atoms with Gasteiger partial charge in [-0.3, -0.25) is 0 Å². The van der Waals surface area contributed by atoms with E-state index in [2.05, 4.69) is 55.4 Å². The first-order valence-electron chi connectivity index (χ1n) is 14.1. The third-order valence-corrected chi connectivity index (χ3v) is 13.6. The minimum Gasteiger partial charge on any atom is -0.390 e. The van der Waals surface area contributed by atoms with Gasteiger partial charge in [-0.15, -0.1) is 0 Å². The van der Waals surface area contributed by atoms with Crippen LogP contribution in [0.4, 0.5) is 0 Å². The second-order valence-corrected chi connectivity index (χ2v) is 15.4. The summed E-state index contributed by atoms with van der Waals surface area (Å²) in [6.45, 7) is 20.0. The zero-order valence-corrected chi connectivity index (χ0v) is 22.4. The van der Waals surface area contributed by atoms with Crippen LogP contribution in [0.3, 0.4) is 0 Å². The topological polar surface area (TPSA) is 40.5 Å². The summed E-state index contributed by atoms with van der Waals surface area (Å²) in [4.78, 5) is 0. The maximum absolute atomic E-state index is 11.6. The first-order valence-corrected chi connectivity index (χ1v) is 14.1. The second-order valence-electron chi connectivity index (χ2n) is 15.4. The van der Waals surface area contributed by atoms with Crippen LogP contribution >= 0.6 is 0 Å². The predicted molar refractivity (Wildman–Crippen MR) is 132 cm³/mol. The first-order chi connectivity index (χ1) is 14.7. The van der Waals surface area contributed by atoms with Gasteiger partial charge in [0.15, 0.2) is 0 Å². The lowest BCUT2D eigenvalue weighted by molar-refractivity contribution is -0.276. The van der Waals surface area contributed by atoms with Crippen LogP contribution in [0, 0.1) is 62.6 Å². The molecule has 5 aliphatic rings. The van der Waals surface area contributed by atoms with Gasteiger partial charge in [-0.1, -0.05) is 55.4 Å². The van der Waals surface area contributed by atoms with Crippen molar-refractivity contribution >= 4 is 0 Å². The maximum Gasteiger partial charge on any atom is 0.0858 e. The molecule has 0 bridgehead atoms. The van der Waals surface area contributed by atoms with Gasteiger partial charge in [0.05, 0.1) is 12.2 Å². The first kappa shape index (κ1) is 23.7. The van der Waals surface area contributed by atoms with E-state index in [9.17, 15) is 10.2 Å². The highest BCUT2D eigenvalue weighted by molar-refractivity contribution is 5.20. The molecular formula is C30H52O2. The van der Waals surface area contributed by atoms with Crippen LogP contribution in [0.25, 0.3) is 0 Å². The molecule has 11 atom stereocenters. The number of rotatable bonds is 1. The highest BCUT2D eigenvalue weighted by atomic mass is 16.3. The molecule has 5 fully saturated rings. The van der Waals surface area contributed by atoms with Gasteiger partial charge in [-0.05, 0) is 115 Å². The van der Waals surface area contributed by atoms with Gasteiger partial charge in [0.25, 0.3) is 0 Å². The Morgan fingerprint density at radius 1 is 0.719 bits per heavy atom. The van der Waals surface area contributed by atoms with Crippen molar-refractivity contribution in [2.75, 3.05) is 0 Å². The number of hydrogen-bond acceptors (Lipinski definition) is 2. The monoisotopic (exact) mass is 444 g/mol. The van der Waals surface area contributed by atoms with Gasteiger partial charge in [0, 0.05) is 5.41 Å². The van der Waals surface area contributed by atoms with Crippen molar-refractivity contribution < 1.29 is 10.2 Å². The molecule has 2 nitrogen and oxygen atoms in total. The molecule has 0 amide bonds. The minimum atomic E-state index is -0.575. The molecule has 0 radical (unpaired) electrons. The summed E-state index contributed by atoms with van der Waals surface area (Å²) in [5.41, 5.74) is 1.10. The molecule has 0 aromatic carbocycles. The molecular weight excluding hydrogens is 392 g/mol. The number of aliphatic hydroxyl groups is 2. The Kier molecular flexibility index (Phi) is 5.17. The molecule has 0 spiro atoms. The molecule has 184 valence electrons. The van der Waals surface area contributed by atoms with Crippen molar-refractivity contribution in [3.8, 4) is 0 Å². The highest BCUT2D eigenvalue weighted by Gasteiger charge is 2.71. The summed E-state index contributed by atoms with van der Waals surface area (Å²) >= 11 is 0. The standard InChI is InChI=1S/C30H52O2/c1-18(2)19-11-13-27(5)15-16-28(6)20(24(19)27)9-10-23-29(28,7)14-12-22-26(3,4)17-21(31)25(32)30(22,23)8/h18-25,31-32H,9-17H2,1-8H3/t19-,20?,21?,22-,23?,24+,25-,27?,28+,29?,30?/m0/s1. The lowest BCUT2D eigenvalue weighted by Crippen LogP contribution is -2.69. The fraction of sp³-hybridized carbons (Fsp3) is 1.00. The van der Waals surface area contributed by atoms with Crippen LogP contribution in [0.15, 0.2) is 0 Å². The predicted octanol–water partition coefficient (Wildman–Crippen LogP) is 7.08. The minimum absolute atomic E-state index is 0.103. The van der Waals surface area contributed by atoms with Crippen molar-refractivity contribution in [2.24, 2.45) is 62.6 Å². The van der Waals surface area contributed by atoms with Gasteiger partial charge in [-0.2, -0.15) is 0 Å². The number of hydrogen-bond donors (Lipinski definition) is 2. The zero-order valence-electron chi connectivity index (χ0n) is 22.4. The fourth-order valence-corrected chi connectivity index (χ4v) is 11.9. The van der Waals surface area contributed by atoms with E-state index < -0.39 is 12.2 Å². The summed E-state index contributed by atoms with van der Waals surface area (Å²) in [5.74, 6) is 4.41. The molecule has 0 aromatic heterocycles. The van der Waals surface area contributed by atoms with Gasteiger partial charge in [0.2, 0.25) is 0 Å². The van der Waals surface area contributed by atoms with E-state index in [1.165, 1.54) is 51.4 Å². The second kappa shape index (κ2) is 6.99. The van der Waals surface area contributed by atoms with Crippen molar-refractivity contribution in [2.45, 2.75) is 125 Å². The Bertz CT molecular complexity index is 758. The fourth-order valence-electron chi connectivity index (χ4n) is 11.9. The molecule has 32 heavy (non-hydrogen) atoms. The molecule has 0 aromatic rings. The summed E-state index contributed by atoms with van der Waals surface area (Å²) in [7, 11) is 0. The Hall–Kier alpha value is -0.0800. The molecule has 6 unspecified atom stereocenters.